The zero-order valence-electron chi connectivity index (χ0n) is 37.0. The van der Waals surface area contributed by atoms with Crippen LogP contribution in [0.3, 0.4) is 0 Å². The van der Waals surface area contributed by atoms with Crippen molar-refractivity contribution in [3.8, 4) is 0 Å². The van der Waals surface area contributed by atoms with Gasteiger partial charge in [0.1, 0.15) is 6.10 Å². The van der Waals surface area contributed by atoms with Crippen molar-refractivity contribution < 1.29 is 24.2 Å². The molecule has 54 heavy (non-hydrogen) atoms. The van der Waals surface area contributed by atoms with Crippen molar-refractivity contribution in [1.29, 1.82) is 0 Å². The summed E-state index contributed by atoms with van der Waals surface area (Å²) in [5.74, 6) is 0.108. The van der Waals surface area contributed by atoms with E-state index in [0.29, 0.717) is 13.0 Å². The highest BCUT2D eigenvalue weighted by Crippen LogP contribution is 2.23. The summed E-state index contributed by atoms with van der Waals surface area (Å²) in [5, 5.41) is 9.45. The van der Waals surface area contributed by atoms with Crippen LogP contribution in [0.15, 0.2) is 0 Å². The average Bonchev–Trinajstić information content (AvgIpc) is 3.17. The molecular weight excluding hydrogens is 671 g/mol. The van der Waals surface area contributed by atoms with Gasteiger partial charge in [0, 0.05) is 19.6 Å². The number of carbonyl (C=O) groups is 2. The van der Waals surface area contributed by atoms with Crippen LogP contribution in [0.4, 0.5) is 0 Å². The summed E-state index contributed by atoms with van der Waals surface area (Å²) >= 11 is 0. The van der Waals surface area contributed by atoms with Crippen molar-refractivity contribution in [2.24, 2.45) is 5.92 Å². The summed E-state index contributed by atoms with van der Waals surface area (Å²) < 4.78 is 11.8. The molecule has 0 bridgehead atoms. The highest BCUT2D eigenvalue weighted by Gasteiger charge is 2.22. The van der Waals surface area contributed by atoms with Gasteiger partial charge in [-0.3, -0.25) is 9.59 Å². The van der Waals surface area contributed by atoms with Gasteiger partial charge in [-0.15, -0.1) is 0 Å². The van der Waals surface area contributed by atoms with Crippen molar-refractivity contribution in [2.75, 3.05) is 32.8 Å². The summed E-state index contributed by atoms with van der Waals surface area (Å²) in [5.41, 5.74) is 0. The summed E-state index contributed by atoms with van der Waals surface area (Å²) in [6, 6.07) is 0. The maximum atomic E-state index is 13.4. The van der Waals surface area contributed by atoms with E-state index in [1.54, 1.807) is 0 Å². The molecule has 6 heteroatoms. The third kappa shape index (κ3) is 36.5. The fourth-order valence-corrected chi connectivity index (χ4v) is 7.72. The Hall–Kier alpha value is -1.14. The van der Waals surface area contributed by atoms with Gasteiger partial charge in [0.25, 0.3) is 0 Å². The van der Waals surface area contributed by atoms with Crippen LogP contribution >= 0.6 is 0 Å². The van der Waals surface area contributed by atoms with E-state index in [2.05, 4.69) is 32.6 Å². The van der Waals surface area contributed by atoms with Crippen molar-refractivity contribution >= 4 is 11.9 Å². The minimum Gasteiger partial charge on any atom is -0.466 e. The summed E-state index contributed by atoms with van der Waals surface area (Å²) in [6.45, 7) is 12.9. The largest absolute Gasteiger partial charge is 0.466 e. The maximum absolute atomic E-state index is 13.4. The van der Waals surface area contributed by atoms with Crippen LogP contribution in [-0.2, 0) is 19.1 Å². The smallest absolute Gasteiger partial charge is 0.309 e. The second-order valence-electron chi connectivity index (χ2n) is 16.6. The Morgan fingerprint density at radius 3 is 1.39 bits per heavy atom. The molecule has 0 amide bonds. The lowest BCUT2D eigenvalue weighted by molar-refractivity contribution is -0.155. The molecule has 0 aromatic carbocycles. The molecule has 1 unspecified atom stereocenters. The van der Waals surface area contributed by atoms with Crippen molar-refractivity contribution in [1.82, 2.24) is 4.90 Å². The number of hydrogen-bond acceptors (Lipinski definition) is 6. The van der Waals surface area contributed by atoms with Gasteiger partial charge >= 0.3 is 11.9 Å². The zero-order chi connectivity index (χ0) is 39.6. The van der Waals surface area contributed by atoms with E-state index in [1.165, 1.54) is 148 Å². The molecule has 1 N–H and O–H groups in total. The number of carbonyl (C=O) groups excluding carboxylic acids is 2. The van der Waals surface area contributed by atoms with Gasteiger partial charge in [-0.2, -0.15) is 0 Å². The molecule has 0 saturated carbocycles. The molecule has 0 rings (SSSR count). The minimum absolute atomic E-state index is 0.0207. The summed E-state index contributed by atoms with van der Waals surface area (Å²) in [6.07, 6.45) is 40.8. The van der Waals surface area contributed by atoms with Crippen LogP contribution in [0.2, 0.25) is 0 Å². The van der Waals surface area contributed by atoms with E-state index in [0.717, 1.165) is 90.3 Å². The first-order valence-electron chi connectivity index (χ1n) is 24.2. The zero-order valence-corrected chi connectivity index (χ0v) is 37.0. The first kappa shape index (κ1) is 52.9. The molecule has 6 nitrogen and oxygen atoms in total. The number of unbranched alkanes of at least 4 members (excludes halogenated alkanes) is 23. The van der Waals surface area contributed by atoms with Crippen molar-refractivity contribution in [3.63, 3.8) is 0 Å². The number of hydrogen-bond donors (Lipinski definition) is 1. The van der Waals surface area contributed by atoms with Gasteiger partial charge in [-0.1, -0.05) is 175 Å². The van der Waals surface area contributed by atoms with Crippen LogP contribution in [0.25, 0.3) is 0 Å². The quantitative estimate of drug-likeness (QED) is 0.0492. The lowest BCUT2D eigenvalue weighted by Gasteiger charge is -2.23. The number of aliphatic hydroxyl groups excluding tert-OH is 1. The van der Waals surface area contributed by atoms with Crippen LogP contribution in [0.5, 0.6) is 0 Å². The van der Waals surface area contributed by atoms with E-state index < -0.39 is 0 Å². The van der Waals surface area contributed by atoms with Gasteiger partial charge in [-0.05, 0) is 83.7 Å². The molecule has 0 aliphatic heterocycles. The third-order valence-corrected chi connectivity index (χ3v) is 11.3. The Balaban J connectivity index is 4.33. The molecule has 0 aromatic heterocycles. The lowest BCUT2D eigenvalue weighted by atomic mass is 9.95. The molecule has 0 saturated heterocycles. The predicted octanol–water partition coefficient (Wildman–Crippen LogP) is 14.1. The molecule has 1 atom stereocenters. The average molecular weight is 766 g/mol. The Morgan fingerprint density at radius 1 is 0.463 bits per heavy atom. The van der Waals surface area contributed by atoms with Gasteiger partial charge in [0.2, 0.25) is 0 Å². The maximum Gasteiger partial charge on any atom is 0.309 e. The van der Waals surface area contributed by atoms with Crippen LogP contribution < -0.4 is 0 Å². The van der Waals surface area contributed by atoms with Crippen molar-refractivity contribution in [3.05, 3.63) is 0 Å². The van der Waals surface area contributed by atoms with Gasteiger partial charge in [0.15, 0.2) is 0 Å². The topological polar surface area (TPSA) is 76.1 Å². The Labute approximate surface area is 337 Å². The second-order valence-corrected chi connectivity index (χ2v) is 16.6. The van der Waals surface area contributed by atoms with Crippen LogP contribution in [0.1, 0.15) is 252 Å². The molecular formula is C48H95NO5. The Morgan fingerprint density at radius 2 is 0.889 bits per heavy atom. The highest BCUT2D eigenvalue weighted by atomic mass is 16.5. The number of nitrogens with zero attached hydrogens (tertiary/aromatic N) is 1. The van der Waals surface area contributed by atoms with E-state index in [9.17, 15) is 14.7 Å². The second kappa shape index (κ2) is 43.0. The van der Waals surface area contributed by atoms with Crippen LogP contribution in [-0.4, -0.2) is 60.9 Å². The number of ether oxygens (including phenoxy) is 2. The van der Waals surface area contributed by atoms with E-state index in [-0.39, 0.29) is 30.6 Å². The number of rotatable bonds is 44. The summed E-state index contributed by atoms with van der Waals surface area (Å²) in [7, 11) is 0. The fourth-order valence-electron chi connectivity index (χ4n) is 7.72. The van der Waals surface area contributed by atoms with E-state index in [1.807, 2.05) is 0 Å². The van der Waals surface area contributed by atoms with Gasteiger partial charge < -0.3 is 19.5 Å². The highest BCUT2D eigenvalue weighted by molar-refractivity contribution is 5.72. The molecule has 0 aliphatic carbocycles. The molecule has 0 aliphatic rings. The lowest BCUT2D eigenvalue weighted by Crippen LogP contribution is -2.28. The number of esters is 2. The standard InChI is InChI=1S/C48H95NO5/c1-5-9-12-15-18-22-30-39-47(51)53-44-33-26-19-24-31-40-49(42-34-43-50)41-32-25-23-27-36-45(35-8-4)48(52)54-46(37-28-20-16-13-10-6-2)38-29-21-17-14-11-7-3/h45-46,50H,5-44H2,1-4H3. The molecule has 0 radical (unpaired) electrons. The van der Waals surface area contributed by atoms with E-state index >= 15 is 0 Å². The third-order valence-electron chi connectivity index (χ3n) is 11.3. The monoisotopic (exact) mass is 766 g/mol. The first-order chi connectivity index (χ1) is 26.5. The molecule has 322 valence electrons. The van der Waals surface area contributed by atoms with Gasteiger partial charge in [-0.25, -0.2) is 0 Å². The predicted molar refractivity (Wildman–Crippen MR) is 232 cm³/mol. The Bertz CT molecular complexity index is 760. The Kier molecular flexibility index (Phi) is 42.1. The van der Waals surface area contributed by atoms with E-state index in [4.69, 9.17) is 9.47 Å². The molecule has 0 aromatic rings. The van der Waals surface area contributed by atoms with Gasteiger partial charge in [0.05, 0.1) is 12.5 Å². The van der Waals surface area contributed by atoms with Crippen molar-refractivity contribution in [2.45, 2.75) is 259 Å². The SMILES string of the molecule is CCCCCCCCCC(=O)OCCCCCCCN(CCCO)CCCCCCC(CCC)C(=O)OC(CCCCCCCC)CCCCCCCC. The molecule has 0 fully saturated rings. The minimum atomic E-state index is -0.0207. The molecule has 0 spiro atoms. The first-order valence-corrected chi connectivity index (χ1v) is 24.2. The fraction of sp³-hybridized carbons (Fsp3) is 0.958. The van der Waals surface area contributed by atoms with Crippen LogP contribution in [0, 0.1) is 5.92 Å². The molecule has 0 heterocycles. The summed E-state index contributed by atoms with van der Waals surface area (Å²) in [4.78, 5) is 28.0. The number of aliphatic hydroxyl groups is 1. The normalized spacial score (nSPS) is 12.2.